The second-order valence-corrected chi connectivity index (χ2v) is 9.57. The summed E-state index contributed by atoms with van der Waals surface area (Å²) in [7, 11) is 0. The van der Waals surface area contributed by atoms with Gasteiger partial charge in [-0.25, -0.2) is 0 Å². The number of ether oxygens (including phenoxy) is 1. The first-order chi connectivity index (χ1) is 16.8. The van der Waals surface area contributed by atoms with Crippen molar-refractivity contribution in [2.24, 2.45) is 11.8 Å². The molecule has 2 amide bonds. The normalized spacial score (nSPS) is 17.0. The average Bonchev–Trinajstić information content (AvgIpc) is 3.31. The van der Waals surface area contributed by atoms with Crippen LogP contribution in [0.2, 0.25) is 0 Å². The van der Waals surface area contributed by atoms with E-state index < -0.39 is 17.5 Å². The molecule has 192 valence electrons. The van der Waals surface area contributed by atoms with E-state index in [0.717, 1.165) is 31.2 Å². The van der Waals surface area contributed by atoms with Gasteiger partial charge in [0.1, 0.15) is 6.61 Å². The average molecular weight is 485 g/mol. The highest BCUT2D eigenvalue weighted by Gasteiger charge is 2.35. The van der Waals surface area contributed by atoms with Crippen LogP contribution in [0.25, 0.3) is 0 Å². The van der Waals surface area contributed by atoms with E-state index in [1.165, 1.54) is 0 Å². The molecule has 0 saturated heterocycles. The second kappa shape index (κ2) is 14.5. The Kier molecular flexibility index (Phi) is 11.7. The smallest absolute Gasteiger partial charge is 0.309 e. The molecule has 1 aromatic rings. The molecule has 35 heavy (non-hydrogen) atoms. The lowest BCUT2D eigenvalue weighted by atomic mass is 9.95. The van der Waals surface area contributed by atoms with Crippen molar-refractivity contribution in [2.75, 3.05) is 13.2 Å². The number of aliphatic hydroxyl groups excluding tert-OH is 1. The fourth-order valence-corrected chi connectivity index (χ4v) is 4.52. The quantitative estimate of drug-likeness (QED) is 0.261. The number of carbonyl (C=O) groups is 3. The maximum Gasteiger partial charge on any atom is 0.309 e. The zero-order valence-corrected chi connectivity index (χ0v) is 20.8. The molecule has 1 saturated carbocycles. The van der Waals surface area contributed by atoms with Gasteiger partial charge in [0.2, 0.25) is 11.8 Å². The number of benzene rings is 1. The number of hydrogen-bond donors (Lipinski definition) is 3. The molecule has 7 heteroatoms. The van der Waals surface area contributed by atoms with Crippen LogP contribution in [0.15, 0.2) is 55.6 Å². The number of carbonyl (C=O) groups excluding carboxylic acids is 3. The van der Waals surface area contributed by atoms with E-state index in [1.54, 1.807) is 19.1 Å². The van der Waals surface area contributed by atoms with E-state index in [2.05, 4.69) is 23.8 Å². The maximum atomic E-state index is 12.8. The van der Waals surface area contributed by atoms with Crippen LogP contribution < -0.4 is 10.6 Å². The van der Waals surface area contributed by atoms with Crippen molar-refractivity contribution in [3.8, 4) is 0 Å². The lowest BCUT2D eigenvalue weighted by Crippen LogP contribution is -2.50. The highest BCUT2D eigenvalue weighted by atomic mass is 16.5. The summed E-state index contributed by atoms with van der Waals surface area (Å²) in [6, 6.07) is 9.31. The standard InChI is InChI=1S/C28H40N2O5/c1-4-11-23(18-25(32)30-28(20-31)15-9-10-16-28)26(33)29-21(3)19-35-27(34)24(12-5-2)17-22-13-7-6-8-14-22/h4-8,13-14,21,23-24,31H,1-2,9-12,15-20H2,3H3,(H,29,33)(H,30,32). The molecule has 7 nitrogen and oxygen atoms in total. The number of rotatable bonds is 15. The van der Waals surface area contributed by atoms with Crippen molar-refractivity contribution < 1.29 is 24.2 Å². The Morgan fingerprint density at radius 2 is 1.71 bits per heavy atom. The van der Waals surface area contributed by atoms with Crippen LogP contribution in [0, 0.1) is 11.8 Å². The Morgan fingerprint density at radius 3 is 2.31 bits per heavy atom. The molecule has 0 radical (unpaired) electrons. The molecule has 3 atom stereocenters. The van der Waals surface area contributed by atoms with Crippen molar-refractivity contribution in [3.63, 3.8) is 0 Å². The molecule has 0 aliphatic heterocycles. The van der Waals surface area contributed by atoms with Gasteiger partial charge in [0.15, 0.2) is 0 Å². The van der Waals surface area contributed by atoms with Gasteiger partial charge in [-0.3, -0.25) is 14.4 Å². The monoisotopic (exact) mass is 484 g/mol. The van der Waals surface area contributed by atoms with Gasteiger partial charge in [-0.2, -0.15) is 0 Å². The van der Waals surface area contributed by atoms with Gasteiger partial charge in [0.05, 0.1) is 30.0 Å². The predicted octanol–water partition coefficient (Wildman–Crippen LogP) is 3.47. The Hall–Kier alpha value is -2.93. The summed E-state index contributed by atoms with van der Waals surface area (Å²) >= 11 is 0. The summed E-state index contributed by atoms with van der Waals surface area (Å²) in [5.74, 6) is -1.81. The lowest BCUT2D eigenvalue weighted by Gasteiger charge is -2.29. The fourth-order valence-electron chi connectivity index (χ4n) is 4.52. The number of hydrogen-bond acceptors (Lipinski definition) is 5. The fraction of sp³-hybridized carbons (Fsp3) is 0.536. The highest BCUT2D eigenvalue weighted by molar-refractivity contribution is 5.86. The first-order valence-electron chi connectivity index (χ1n) is 12.5. The largest absolute Gasteiger partial charge is 0.463 e. The highest BCUT2D eigenvalue weighted by Crippen LogP contribution is 2.29. The minimum Gasteiger partial charge on any atom is -0.463 e. The molecule has 0 bridgehead atoms. The molecule has 3 unspecified atom stereocenters. The Morgan fingerprint density at radius 1 is 1.09 bits per heavy atom. The molecule has 3 N–H and O–H groups in total. The maximum absolute atomic E-state index is 12.8. The van der Waals surface area contributed by atoms with E-state index in [1.807, 2.05) is 30.3 Å². The molecule has 2 rings (SSSR count). The third kappa shape index (κ3) is 9.32. The molecule has 1 aliphatic rings. The molecular weight excluding hydrogens is 444 g/mol. The van der Waals surface area contributed by atoms with Gasteiger partial charge in [-0.15, -0.1) is 13.2 Å². The Labute approximate surface area is 209 Å². The molecule has 0 spiro atoms. The Balaban J connectivity index is 1.85. The summed E-state index contributed by atoms with van der Waals surface area (Å²) in [5.41, 5.74) is 0.471. The van der Waals surface area contributed by atoms with Crippen molar-refractivity contribution in [2.45, 2.75) is 69.9 Å². The molecule has 1 fully saturated rings. The van der Waals surface area contributed by atoms with E-state index in [0.29, 0.717) is 19.3 Å². The first-order valence-corrected chi connectivity index (χ1v) is 12.5. The zero-order chi connectivity index (χ0) is 25.7. The molecule has 0 aromatic heterocycles. The van der Waals surface area contributed by atoms with Crippen LogP contribution in [-0.4, -0.2) is 47.7 Å². The van der Waals surface area contributed by atoms with E-state index in [4.69, 9.17) is 4.74 Å². The minimum absolute atomic E-state index is 0.00456. The molecule has 0 heterocycles. The van der Waals surface area contributed by atoms with Crippen LogP contribution in [-0.2, 0) is 25.5 Å². The van der Waals surface area contributed by atoms with Crippen molar-refractivity contribution in [1.82, 2.24) is 10.6 Å². The van der Waals surface area contributed by atoms with Crippen molar-refractivity contribution in [3.05, 3.63) is 61.2 Å². The van der Waals surface area contributed by atoms with Crippen LogP contribution in [0.1, 0.15) is 57.4 Å². The minimum atomic E-state index is -0.589. The summed E-state index contributed by atoms with van der Waals surface area (Å²) in [6.07, 6.45) is 8.14. The molecule has 1 aliphatic carbocycles. The van der Waals surface area contributed by atoms with Crippen LogP contribution in [0.3, 0.4) is 0 Å². The van der Waals surface area contributed by atoms with Gasteiger partial charge in [0.25, 0.3) is 0 Å². The number of esters is 1. The Bertz CT molecular complexity index is 848. The summed E-state index contributed by atoms with van der Waals surface area (Å²) in [6.45, 7) is 9.14. The first kappa shape index (κ1) is 28.3. The SMILES string of the molecule is C=CCC(CC(=O)NC1(CO)CCCC1)C(=O)NC(C)COC(=O)C(CC=C)Cc1ccccc1. The van der Waals surface area contributed by atoms with E-state index in [-0.39, 0.29) is 43.3 Å². The zero-order valence-electron chi connectivity index (χ0n) is 20.8. The predicted molar refractivity (Wildman–Crippen MR) is 136 cm³/mol. The van der Waals surface area contributed by atoms with Gasteiger partial charge >= 0.3 is 5.97 Å². The van der Waals surface area contributed by atoms with Gasteiger partial charge in [-0.05, 0) is 44.6 Å². The van der Waals surface area contributed by atoms with Gasteiger partial charge in [0, 0.05) is 6.42 Å². The van der Waals surface area contributed by atoms with Crippen molar-refractivity contribution in [1.29, 1.82) is 0 Å². The van der Waals surface area contributed by atoms with E-state index >= 15 is 0 Å². The summed E-state index contributed by atoms with van der Waals surface area (Å²) in [4.78, 5) is 38.1. The topological polar surface area (TPSA) is 105 Å². The summed E-state index contributed by atoms with van der Waals surface area (Å²) in [5, 5.41) is 15.5. The lowest BCUT2D eigenvalue weighted by molar-refractivity contribution is -0.149. The van der Waals surface area contributed by atoms with Gasteiger partial charge in [-0.1, -0.05) is 55.3 Å². The third-order valence-corrected chi connectivity index (χ3v) is 6.50. The van der Waals surface area contributed by atoms with E-state index in [9.17, 15) is 19.5 Å². The summed E-state index contributed by atoms with van der Waals surface area (Å²) < 4.78 is 5.50. The molecule has 1 aromatic carbocycles. The third-order valence-electron chi connectivity index (χ3n) is 6.50. The molecular formula is C28H40N2O5. The van der Waals surface area contributed by atoms with Gasteiger partial charge < -0.3 is 20.5 Å². The van der Waals surface area contributed by atoms with Crippen LogP contribution in [0.5, 0.6) is 0 Å². The van der Waals surface area contributed by atoms with Crippen LogP contribution in [0.4, 0.5) is 0 Å². The van der Waals surface area contributed by atoms with Crippen LogP contribution >= 0.6 is 0 Å². The number of aliphatic hydroxyl groups is 1. The van der Waals surface area contributed by atoms with Crippen molar-refractivity contribution >= 4 is 17.8 Å². The second-order valence-electron chi connectivity index (χ2n) is 9.57. The number of amides is 2. The number of nitrogens with one attached hydrogen (secondary N) is 2. The number of allylic oxidation sites excluding steroid dienone is 2.